The molecule has 32 heavy (non-hydrogen) atoms. The third-order valence-corrected chi connectivity index (χ3v) is 5.69. The predicted molar refractivity (Wildman–Crippen MR) is 112 cm³/mol. The predicted octanol–water partition coefficient (Wildman–Crippen LogP) is 2.21. The van der Waals surface area contributed by atoms with Crippen LogP contribution in [0.25, 0.3) is 0 Å². The van der Waals surface area contributed by atoms with E-state index in [9.17, 15) is 24.0 Å². The Bertz CT molecular complexity index is 1060. The van der Waals surface area contributed by atoms with E-state index in [4.69, 9.17) is 4.84 Å². The summed E-state index contributed by atoms with van der Waals surface area (Å²) in [6.45, 7) is 0.177. The highest BCUT2D eigenvalue weighted by Crippen LogP contribution is 2.26. The smallest absolute Gasteiger partial charge is 0.328 e. The third kappa shape index (κ3) is 4.44. The molecule has 1 unspecified atom stereocenters. The van der Waals surface area contributed by atoms with Crippen LogP contribution in [0, 0.1) is 0 Å². The Labute approximate surface area is 184 Å². The van der Waals surface area contributed by atoms with E-state index in [0.717, 1.165) is 11.1 Å². The standard InChI is InChI=1S/C24H22N2O6/c27-20(16-6-2-1-3-7-16)10-11-21(28)25-15-18-9-5-4-8-17(18)14-19(25)24(31)32-26-22(29)12-13-23(26)30/h1-9,19H,10-15H2. The largest absolute Gasteiger partial charge is 0.355 e. The van der Waals surface area contributed by atoms with Crippen molar-refractivity contribution in [1.82, 2.24) is 9.96 Å². The maximum Gasteiger partial charge on any atom is 0.355 e. The first-order valence-electron chi connectivity index (χ1n) is 10.5. The van der Waals surface area contributed by atoms with Crippen molar-refractivity contribution in [1.29, 1.82) is 0 Å². The number of rotatable bonds is 6. The molecular weight excluding hydrogens is 412 g/mol. The second kappa shape index (κ2) is 9.13. The Morgan fingerprint density at radius 2 is 1.47 bits per heavy atom. The highest BCUT2D eigenvalue weighted by atomic mass is 16.7. The van der Waals surface area contributed by atoms with Gasteiger partial charge in [0.15, 0.2) is 5.78 Å². The molecule has 0 N–H and O–H groups in total. The Morgan fingerprint density at radius 1 is 0.844 bits per heavy atom. The molecule has 0 bridgehead atoms. The molecule has 1 saturated heterocycles. The van der Waals surface area contributed by atoms with Crippen molar-refractivity contribution in [2.45, 2.75) is 44.7 Å². The summed E-state index contributed by atoms with van der Waals surface area (Å²) in [5, 5.41) is 0.491. The second-order valence-corrected chi connectivity index (χ2v) is 7.79. The molecule has 0 saturated carbocycles. The summed E-state index contributed by atoms with van der Waals surface area (Å²) < 4.78 is 0. The number of nitrogens with zero attached hydrogens (tertiary/aromatic N) is 2. The monoisotopic (exact) mass is 434 g/mol. The molecule has 2 aliphatic heterocycles. The molecule has 1 fully saturated rings. The van der Waals surface area contributed by atoms with E-state index >= 15 is 0 Å². The molecule has 2 aromatic carbocycles. The molecule has 2 aromatic rings. The number of hydroxylamine groups is 2. The van der Waals surface area contributed by atoms with Gasteiger partial charge in [0.2, 0.25) is 5.91 Å². The summed E-state index contributed by atoms with van der Waals surface area (Å²) in [5.74, 6) is -2.53. The molecule has 0 aromatic heterocycles. The first-order chi connectivity index (χ1) is 15.4. The average Bonchev–Trinajstić information content (AvgIpc) is 3.14. The molecule has 3 amide bonds. The number of carbonyl (C=O) groups excluding carboxylic acids is 5. The maximum absolute atomic E-state index is 13.0. The number of hydrogen-bond acceptors (Lipinski definition) is 6. The fraction of sp³-hybridized carbons (Fsp3) is 0.292. The molecule has 0 radical (unpaired) electrons. The van der Waals surface area contributed by atoms with Gasteiger partial charge in [-0.25, -0.2) is 4.79 Å². The van der Waals surface area contributed by atoms with Crippen molar-refractivity contribution in [3.05, 3.63) is 71.3 Å². The fourth-order valence-corrected chi connectivity index (χ4v) is 3.94. The number of hydrogen-bond donors (Lipinski definition) is 0. The van der Waals surface area contributed by atoms with Gasteiger partial charge in [0.1, 0.15) is 6.04 Å². The van der Waals surface area contributed by atoms with Crippen molar-refractivity contribution < 1.29 is 28.8 Å². The van der Waals surface area contributed by atoms with Crippen LogP contribution in [0.15, 0.2) is 54.6 Å². The summed E-state index contributed by atoms with van der Waals surface area (Å²) in [7, 11) is 0. The highest BCUT2D eigenvalue weighted by Gasteiger charge is 2.40. The van der Waals surface area contributed by atoms with Gasteiger partial charge >= 0.3 is 5.97 Å². The average molecular weight is 434 g/mol. The Hall–Kier alpha value is -3.81. The minimum absolute atomic E-state index is 0.00581. The van der Waals surface area contributed by atoms with Crippen LogP contribution in [-0.2, 0) is 37.0 Å². The van der Waals surface area contributed by atoms with E-state index in [-0.39, 0.29) is 50.3 Å². The van der Waals surface area contributed by atoms with Crippen molar-refractivity contribution >= 4 is 29.5 Å². The molecule has 2 aliphatic rings. The minimum atomic E-state index is -0.995. The molecule has 8 heteroatoms. The summed E-state index contributed by atoms with van der Waals surface area (Å²) in [6, 6.07) is 15.1. The SMILES string of the molecule is O=C(CCC(=O)N1Cc2ccccc2CC1C(=O)ON1C(=O)CCC1=O)c1ccccc1. The van der Waals surface area contributed by atoms with Gasteiger partial charge in [-0.05, 0) is 11.1 Å². The Balaban J connectivity index is 1.50. The summed E-state index contributed by atoms with van der Waals surface area (Å²) in [6.07, 6.45) is 0.115. The van der Waals surface area contributed by atoms with Crippen molar-refractivity contribution in [3.8, 4) is 0 Å². The third-order valence-electron chi connectivity index (χ3n) is 5.69. The Kier molecular flexibility index (Phi) is 6.11. The van der Waals surface area contributed by atoms with E-state index in [1.807, 2.05) is 24.3 Å². The molecule has 0 spiro atoms. The van der Waals surface area contributed by atoms with Crippen LogP contribution in [0.5, 0.6) is 0 Å². The van der Waals surface area contributed by atoms with Gasteiger partial charge in [-0.15, -0.1) is 5.06 Å². The molecule has 1 atom stereocenters. The van der Waals surface area contributed by atoms with Crippen molar-refractivity contribution in [2.75, 3.05) is 0 Å². The number of amides is 3. The lowest BCUT2D eigenvalue weighted by atomic mass is 9.93. The van der Waals surface area contributed by atoms with Gasteiger partial charge in [-0.3, -0.25) is 19.2 Å². The fourth-order valence-electron chi connectivity index (χ4n) is 3.94. The zero-order valence-electron chi connectivity index (χ0n) is 17.4. The van der Waals surface area contributed by atoms with Crippen LogP contribution >= 0.6 is 0 Å². The lowest BCUT2D eigenvalue weighted by Crippen LogP contribution is -2.51. The van der Waals surface area contributed by atoms with E-state index in [1.54, 1.807) is 30.3 Å². The quantitative estimate of drug-likeness (QED) is 0.510. The summed E-state index contributed by atoms with van der Waals surface area (Å²) in [5.41, 5.74) is 2.30. The van der Waals surface area contributed by atoms with E-state index in [2.05, 4.69) is 0 Å². The van der Waals surface area contributed by atoms with Crippen LogP contribution in [-0.4, -0.2) is 45.5 Å². The van der Waals surface area contributed by atoms with Crippen LogP contribution in [0.2, 0.25) is 0 Å². The van der Waals surface area contributed by atoms with Crippen LogP contribution in [0.3, 0.4) is 0 Å². The van der Waals surface area contributed by atoms with Gasteiger partial charge in [-0.2, -0.15) is 0 Å². The van der Waals surface area contributed by atoms with E-state index in [1.165, 1.54) is 4.90 Å². The van der Waals surface area contributed by atoms with Crippen molar-refractivity contribution in [2.24, 2.45) is 0 Å². The van der Waals surface area contributed by atoms with Gasteiger partial charge in [0.05, 0.1) is 0 Å². The molecule has 2 heterocycles. The summed E-state index contributed by atoms with van der Waals surface area (Å²) >= 11 is 0. The van der Waals surface area contributed by atoms with Crippen LogP contribution in [0.1, 0.15) is 47.2 Å². The maximum atomic E-state index is 13.0. The van der Waals surface area contributed by atoms with Crippen molar-refractivity contribution in [3.63, 3.8) is 0 Å². The summed E-state index contributed by atoms with van der Waals surface area (Å²) in [4.78, 5) is 68.5. The normalized spacial score (nSPS) is 17.8. The van der Waals surface area contributed by atoms with Crippen LogP contribution < -0.4 is 0 Å². The molecule has 0 aliphatic carbocycles. The number of imide groups is 1. The minimum Gasteiger partial charge on any atom is -0.328 e. The number of carbonyl (C=O) groups is 5. The zero-order chi connectivity index (χ0) is 22.7. The van der Waals surface area contributed by atoms with E-state index in [0.29, 0.717) is 10.6 Å². The lowest BCUT2D eigenvalue weighted by Gasteiger charge is -2.35. The highest BCUT2D eigenvalue weighted by molar-refractivity contribution is 6.02. The van der Waals surface area contributed by atoms with Gasteiger partial charge < -0.3 is 9.74 Å². The number of benzene rings is 2. The first-order valence-corrected chi connectivity index (χ1v) is 10.5. The lowest BCUT2D eigenvalue weighted by molar-refractivity contribution is -0.202. The second-order valence-electron chi connectivity index (χ2n) is 7.79. The van der Waals surface area contributed by atoms with Gasteiger partial charge in [-0.1, -0.05) is 54.6 Å². The van der Waals surface area contributed by atoms with Crippen LogP contribution in [0.4, 0.5) is 0 Å². The van der Waals surface area contributed by atoms with Gasteiger partial charge in [0.25, 0.3) is 11.8 Å². The Morgan fingerprint density at radius 3 is 2.16 bits per heavy atom. The molecule has 8 nitrogen and oxygen atoms in total. The zero-order valence-corrected chi connectivity index (χ0v) is 17.4. The first kappa shape index (κ1) is 21.4. The topological polar surface area (TPSA) is 101 Å². The van der Waals surface area contributed by atoms with Gasteiger partial charge in [0, 0.05) is 44.2 Å². The number of Topliss-reactive ketones (excluding diaryl/α,β-unsaturated/α-hetero) is 1. The molecule has 164 valence electrons. The molecule has 4 rings (SSSR count). The van der Waals surface area contributed by atoms with E-state index < -0.39 is 23.8 Å². The number of fused-ring (bicyclic) bond motifs is 1. The molecular formula is C24H22N2O6. The number of ketones is 1.